The molecule has 10 nitrogen and oxygen atoms in total. The molecule has 0 unspecified atom stereocenters. The van der Waals surface area contributed by atoms with Gasteiger partial charge in [-0.2, -0.15) is 0 Å². The van der Waals surface area contributed by atoms with Gasteiger partial charge in [-0.05, 0) is 57.2 Å². The summed E-state index contributed by atoms with van der Waals surface area (Å²) >= 11 is 1.39. The lowest BCUT2D eigenvalue weighted by Gasteiger charge is -2.26. The number of ether oxygens (including phenoxy) is 2. The van der Waals surface area contributed by atoms with Crippen LogP contribution in [0.4, 0.5) is 16.4 Å². The third-order valence-electron chi connectivity index (χ3n) is 6.41. The number of hydrogen-bond acceptors (Lipinski definition) is 9. The van der Waals surface area contributed by atoms with Gasteiger partial charge in [0.05, 0.1) is 35.9 Å². The van der Waals surface area contributed by atoms with Crippen molar-refractivity contribution in [3.63, 3.8) is 0 Å². The zero-order valence-corrected chi connectivity index (χ0v) is 21.3. The Morgan fingerprint density at radius 3 is 2.75 bits per heavy atom. The van der Waals surface area contributed by atoms with Gasteiger partial charge in [0.15, 0.2) is 0 Å². The summed E-state index contributed by atoms with van der Waals surface area (Å²) in [4.78, 5) is 40.4. The highest BCUT2D eigenvalue weighted by molar-refractivity contribution is 7.17. The number of nitro benzene ring substituents is 1. The molecule has 0 saturated carbocycles. The second-order valence-electron chi connectivity index (χ2n) is 8.81. The summed E-state index contributed by atoms with van der Waals surface area (Å²) in [5.41, 5.74) is 1.86. The second kappa shape index (κ2) is 12.3. The maximum atomic E-state index is 13.4. The van der Waals surface area contributed by atoms with E-state index >= 15 is 0 Å². The van der Waals surface area contributed by atoms with Crippen LogP contribution >= 0.6 is 11.3 Å². The first-order chi connectivity index (χ1) is 17.5. The SMILES string of the molecule is CCOC(=O)c1c(NC(=O)c2cc([N+](=O)[O-])ccc2NCCCN2CCOCC2)sc2c1CCCC2. The predicted octanol–water partition coefficient (Wildman–Crippen LogP) is 4.10. The van der Waals surface area contributed by atoms with E-state index in [0.29, 0.717) is 22.8 Å². The number of nitrogens with zero attached hydrogens (tertiary/aromatic N) is 2. The number of morpholine rings is 1. The number of anilines is 2. The zero-order valence-electron chi connectivity index (χ0n) is 20.5. The average Bonchev–Trinajstić information content (AvgIpc) is 3.25. The number of aryl methyl sites for hydroxylation is 1. The number of thiophene rings is 1. The van der Waals surface area contributed by atoms with Crippen LogP contribution in [-0.4, -0.2) is 67.7 Å². The maximum Gasteiger partial charge on any atom is 0.341 e. The minimum absolute atomic E-state index is 0.164. The molecule has 1 aromatic carbocycles. The van der Waals surface area contributed by atoms with Gasteiger partial charge in [-0.3, -0.25) is 19.8 Å². The number of hydrogen-bond donors (Lipinski definition) is 2. The van der Waals surface area contributed by atoms with E-state index in [-0.39, 0.29) is 17.9 Å². The van der Waals surface area contributed by atoms with E-state index < -0.39 is 16.8 Å². The number of esters is 1. The lowest BCUT2D eigenvalue weighted by molar-refractivity contribution is -0.384. The summed E-state index contributed by atoms with van der Waals surface area (Å²) < 4.78 is 10.6. The van der Waals surface area contributed by atoms with Gasteiger partial charge in [-0.15, -0.1) is 11.3 Å². The summed E-state index contributed by atoms with van der Waals surface area (Å²) in [6.07, 6.45) is 4.49. The van der Waals surface area contributed by atoms with Gasteiger partial charge in [0, 0.05) is 42.3 Å². The highest BCUT2D eigenvalue weighted by Crippen LogP contribution is 2.39. The van der Waals surface area contributed by atoms with Crippen molar-refractivity contribution in [3.05, 3.63) is 49.9 Å². The standard InChI is InChI=1S/C25H32N4O6S/c1-2-35-25(31)22-18-6-3-4-7-21(18)36-24(22)27-23(30)19-16-17(29(32)33)8-9-20(19)26-10-5-11-28-12-14-34-15-13-28/h8-9,16,26H,2-7,10-15H2,1H3,(H,27,30). The molecule has 1 aliphatic carbocycles. The molecule has 2 N–H and O–H groups in total. The van der Waals surface area contributed by atoms with Crippen LogP contribution < -0.4 is 10.6 Å². The molecule has 1 aromatic heterocycles. The van der Waals surface area contributed by atoms with Gasteiger partial charge in [0.2, 0.25) is 0 Å². The lowest BCUT2D eigenvalue weighted by Crippen LogP contribution is -2.37. The third kappa shape index (κ3) is 6.21. The van der Waals surface area contributed by atoms with Crippen LogP contribution in [0.2, 0.25) is 0 Å². The molecule has 1 aliphatic heterocycles. The molecular formula is C25H32N4O6S. The molecule has 0 radical (unpaired) electrons. The van der Waals surface area contributed by atoms with Crippen molar-refractivity contribution in [3.8, 4) is 0 Å². The molecule has 36 heavy (non-hydrogen) atoms. The molecule has 2 heterocycles. The first-order valence-corrected chi connectivity index (χ1v) is 13.2. The van der Waals surface area contributed by atoms with Crippen LogP contribution in [0.5, 0.6) is 0 Å². The molecule has 0 atom stereocenters. The van der Waals surface area contributed by atoms with Crippen molar-refractivity contribution < 1.29 is 24.0 Å². The van der Waals surface area contributed by atoms with Crippen molar-refractivity contribution in [1.82, 2.24) is 4.90 Å². The molecule has 1 amide bonds. The highest BCUT2D eigenvalue weighted by Gasteiger charge is 2.28. The number of carbonyl (C=O) groups is 2. The van der Waals surface area contributed by atoms with Crippen LogP contribution in [0.1, 0.15) is 57.3 Å². The summed E-state index contributed by atoms with van der Waals surface area (Å²) in [5.74, 6) is -0.953. The van der Waals surface area contributed by atoms with Gasteiger partial charge >= 0.3 is 5.97 Å². The Balaban J connectivity index is 1.52. The van der Waals surface area contributed by atoms with Crippen LogP contribution in [-0.2, 0) is 22.3 Å². The number of fused-ring (bicyclic) bond motifs is 1. The Hall–Kier alpha value is -3.02. The van der Waals surface area contributed by atoms with Crippen molar-refractivity contribution in [2.75, 3.05) is 56.6 Å². The number of carbonyl (C=O) groups excluding carboxylic acids is 2. The number of rotatable bonds is 10. The van der Waals surface area contributed by atoms with Crippen LogP contribution in [0, 0.1) is 10.1 Å². The molecule has 1 fully saturated rings. The maximum absolute atomic E-state index is 13.4. The van der Waals surface area contributed by atoms with E-state index in [1.165, 1.54) is 23.5 Å². The van der Waals surface area contributed by atoms with Crippen LogP contribution in [0.25, 0.3) is 0 Å². The van der Waals surface area contributed by atoms with E-state index in [1.54, 1.807) is 13.0 Å². The molecule has 194 valence electrons. The number of nitrogens with one attached hydrogen (secondary N) is 2. The van der Waals surface area contributed by atoms with E-state index in [2.05, 4.69) is 15.5 Å². The first kappa shape index (κ1) is 26.1. The van der Waals surface area contributed by atoms with Crippen molar-refractivity contribution >= 4 is 39.6 Å². The summed E-state index contributed by atoms with van der Waals surface area (Å²) in [5, 5.41) is 18.0. The summed E-state index contributed by atoms with van der Waals surface area (Å²) in [7, 11) is 0. The Bertz CT molecular complexity index is 1110. The fourth-order valence-corrected chi connectivity index (χ4v) is 5.85. The fourth-order valence-electron chi connectivity index (χ4n) is 4.58. The van der Waals surface area contributed by atoms with Crippen molar-refractivity contribution in [1.29, 1.82) is 0 Å². The lowest BCUT2D eigenvalue weighted by atomic mass is 9.95. The van der Waals surface area contributed by atoms with E-state index in [1.807, 2.05) is 0 Å². The molecule has 4 rings (SSSR count). The minimum Gasteiger partial charge on any atom is -0.462 e. The normalized spacial score (nSPS) is 15.7. The Morgan fingerprint density at radius 1 is 1.22 bits per heavy atom. The molecule has 2 aromatic rings. The molecular weight excluding hydrogens is 484 g/mol. The predicted molar refractivity (Wildman–Crippen MR) is 138 cm³/mol. The largest absolute Gasteiger partial charge is 0.462 e. The Morgan fingerprint density at radius 2 is 2.00 bits per heavy atom. The smallest absolute Gasteiger partial charge is 0.341 e. The molecule has 0 bridgehead atoms. The number of benzene rings is 1. The van der Waals surface area contributed by atoms with Crippen LogP contribution in [0.15, 0.2) is 18.2 Å². The Kier molecular flexibility index (Phi) is 8.89. The van der Waals surface area contributed by atoms with Gasteiger partial charge in [-0.1, -0.05) is 0 Å². The molecule has 1 saturated heterocycles. The van der Waals surface area contributed by atoms with Crippen molar-refractivity contribution in [2.24, 2.45) is 0 Å². The second-order valence-corrected chi connectivity index (χ2v) is 9.92. The molecule has 2 aliphatic rings. The topological polar surface area (TPSA) is 123 Å². The summed E-state index contributed by atoms with van der Waals surface area (Å²) in [6.45, 7) is 6.76. The quantitative estimate of drug-likeness (QED) is 0.209. The Labute approximate surface area is 214 Å². The minimum atomic E-state index is -0.521. The van der Waals surface area contributed by atoms with Crippen molar-refractivity contribution in [2.45, 2.75) is 39.0 Å². The average molecular weight is 517 g/mol. The monoisotopic (exact) mass is 516 g/mol. The van der Waals surface area contributed by atoms with Gasteiger partial charge in [0.1, 0.15) is 5.00 Å². The fraction of sp³-hybridized carbons (Fsp3) is 0.520. The van der Waals surface area contributed by atoms with Gasteiger partial charge in [-0.25, -0.2) is 4.79 Å². The summed E-state index contributed by atoms with van der Waals surface area (Å²) in [6, 6.07) is 4.22. The number of nitro groups is 1. The van der Waals surface area contributed by atoms with E-state index in [4.69, 9.17) is 9.47 Å². The van der Waals surface area contributed by atoms with Crippen LogP contribution in [0.3, 0.4) is 0 Å². The first-order valence-electron chi connectivity index (χ1n) is 12.4. The third-order valence-corrected chi connectivity index (χ3v) is 7.61. The van der Waals surface area contributed by atoms with E-state index in [9.17, 15) is 19.7 Å². The molecule has 11 heteroatoms. The van der Waals surface area contributed by atoms with Gasteiger partial charge < -0.3 is 20.1 Å². The zero-order chi connectivity index (χ0) is 25.5. The van der Waals surface area contributed by atoms with E-state index in [0.717, 1.165) is 75.4 Å². The number of amides is 1. The number of non-ortho nitro benzene ring substituents is 1. The highest BCUT2D eigenvalue weighted by atomic mass is 32.1. The van der Waals surface area contributed by atoms with Gasteiger partial charge in [0.25, 0.3) is 11.6 Å². The molecule has 0 spiro atoms.